The van der Waals surface area contributed by atoms with Gasteiger partial charge >= 0.3 is 0 Å². The molecule has 1 amide bonds. The van der Waals surface area contributed by atoms with Crippen molar-refractivity contribution in [3.63, 3.8) is 0 Å². The average Bonchev–Trinajstić information content (AvgIpc) is 2.71. The van der Waals surface area contributed by atoms with E-state index in [0.29, 0.717) is 32.9 Å². The van der Waals surface area contributed by atoms with Gasteiger partial charge in [-0.05, 0) is 62.4 Å². The summed E-state index contributed by atoms with van der Waals surface area (Å²) < 4.78 is 16.6. The Morgan fingerprint density at radius 2 is 1.59 bits per heavy atom. The third-order valence-corrected chi connectivity index (χ3v) is 4.30. The maximum atomic E-state index is 12.5. The second kappa shape index (κ2) is 9.28. The van der Waals surface area contributed by atoms with Gasteiger partial charge in [0.1, 0.15) is 23.3 Å². The predicted octanol–water partition coefficient (Wildman–Crippen LogP) is 3.54. The van der Waals surface area contributed by atoms with E-state index in [1.807, 2.05) is 67.3 Å². The molecule has 3 rings (SSSR count). The van der Waals surface area contributed by atoms with E-state index in [4.69, 9.17) is 14.2 Å². The van der Waals surface area contributed by atoms with Crippen LogP contribution < -0.4 is 14.8 Å². The second-order valence-electron chi connectivity index (χ2n) is 6.33. The Hall–Kier alpha value is -2.73. The number of carbonyl (C=O) groups is 1. The maximum absolute atomic E-state index is 12.5. The standard InChI is InChI=1S/C21H26N2O4/c1-3-26-18-8-10-20(11-9-18)27-19-6-4-17(5-7-19)22-16(2)21(24)23-12-14-25-15-13-23/h4-11,16,22H,3,12-15H2,1-2H3/t16-/m0/s1. The summed E-state index contributed by atoms with van der Waals surface area (Å²) in [5, 5.41) is 3.25. The lowest BCUT2D eigenvalue weighted by Gasteiger charge is -2.29. The monoisotopic (exact) mass is 370 g/mol. The first-order valence-corrected chi connectivity index (χ1v) is 9.29. The number of amides is 1. The number of nitrogens with one attached hydrogen (secondary N) is 1. The minimum Gasteiger partial charge on any atom is -0.494 e. The molecule has 1 N–H and O–H groups in total. The largest absolute Gasteiger partial charge is 0.494 e. The van der Waals surface area contributed by atoms with Gasteiger partial charge in [-0.15, -0.1) is 0 Å². The van der Waals surface area contributed by atoms with Crippen molar-refractivity contribution >= 4 is 11.6 Å². The SMILES string of the molecule is CCOc1ccc(Oc2ccc(N[C@@H](C)C(=O)N3CCOCC3)cc2)cc1. The summed E-state index contributed by atoms with van der Waals surface area (Å²) in [6, 6.07) is 14.8. The van der Waals surface area contributed by atoms with E-state index in [2.05, 4.69) is 5.32 Å². The van der Waals surface area contributed by atoms with Crippen LogP contribution in [0.2, 0.25) is 0 Å². The number of morpholine rings is 1. The molecule has 1 aliphatic heterocycles. The van der Waals surface area contributed by atoms with Crippen molar-refractivity contribution in [1.82, 2.24) is 4.90 Å². The van der Waals surface area contributed by atoms with Gasteiger partial charge in [-0.3, -0.25) is 4.79 Å². The Kier molecular flexibility index (Phi) is 6.54. The highest BCUT2D eigenvalue weighted by Gasteiger charge is 2.22. The molecule has 0 spiro atoms. The lowest BCUT2D eigenvalue weighted by molar-refractivity contribution is -0.135. The van der Waals surface area contributed by atoms with Crippen molar-refractivity contribution < 1.29 is 19.0 Å². The van der Waals surface area contributed by atoms with Crippen molar-refractivity contribution in [2.75, 3.05) is 38.2 Å². The molecule has 1 fully saturated rings. The number of hydrogen-bond acceptors (Lipinski definition) is 5. The van der Waals surface area contributed by atoms with Crippen molar-refractivity contribution in [2.24, 2.45) is 0 Å². The molecule has 0 aromatic heterocycles. The molecule has 0 radical (unpaired) electrons. The maximum Gasteiger partial charge on any atom is 0.244 e. The van der Waals surface area contributed by atoms with E-state index in [-0.39, 0.29) is 11.9 Å². The highest BCUT2D eigenvalue weighted by Crippen LogP contribution is 2.25. The minimum absolute atomic E-state index is 0.0908. The van der Waals surface area contributed by atoms with Gasteiger partial charge < -0.3 is 24.4 Å². The molecule has 6 heteroatoms. The smallest absolute Gasteiger partial charge is 0.244 e. The Morgan fingerprint density at radius 1 is 1.04 bits per heavy atom. The highest BCUT2D eigenvalue weighted by molar-refractivity contribution is 5.84. The first-order valence-electron chi connectivity index (χ1n) is 9.29. The van der Waals surface area contributed by atoms with E-state index >= 15 is 0 Å². The molecule has 0 saturated carbocycles. The number of hydrogen-bond donors (Lipinski definition) is 1. The summed E-state index contributed by atoms with van der Waals surface area (Å²) in [7, 11) is 0. The first kappa shape index (κ1) is 19.0. The van der Waals surface area contributed by atoms with Crippen molar-refractivity contribution in [3.8, 4) is 17.2 Å². The van der Waals surface area contributed by atoms with E-state index in [0.717, 1.165) is 22.9 Å². The van der Waals surface area contributed by atoms with Gasteiger partial charge in [0.25, 0.3) is 0 Å². The molecule has 0 bridgehead atoms. The molecule has 27 heavy (non-hydrogen) atoms. The fourth-order valence-corrected chi connectivity index (χ4v) is 2.90. The molecule has 2 aromatic rings. The molecule has 6 nitrogen and oxygen atoms in total. The van der Waals surface area contributed by atoms with E-state index in [1.54, 1.807) is 0 Å². The third-order valence-electron chi connectivity index (χ3n) is 4.30. The van der Waals surface area contributed by atoms with Crippen molar-refractivity contribution in [2.45, 2.75) is 19.9 Å². The summed E-state index contributed by atoms with van der Waals surface area (Å²) in [5.41, 5.74) is 0.878. The first-order chi connectivity index (χ1) is 13.2. The molecular formula is C21H26N2O4. The summed E-state index contributed by atoms with van der Waals surface area (Å²) in [5.74, 6) is 2.39. The quantitative estimate of drug-likeness (QED) is 0.808. The van der Waals surface area contributed by atoms with E-state index < -0.39 is 0 Å². The van der Waals surface area contributed by atoms with Gasteiger partial charge in [0, 0.05) is 18.8 Å². The molecule has 1 saturated heterocycles. The van der Waals surface area contributed by atoms with Crippen LogP contribution in [0.3, 0.4) is 0 Å². The van der Waals surface area contributed by atoms with Crippen LogP contribution in [0.25, 0.3) is 0 Å². The van der Waals surface area contributed by atoms with Gasteiger partial charge in [0.2, 0.25) is 5.91 Å². The Balaban J connectivity index is 1.54. The second-order valence-corrected chi connectivity index (χ2v) is 6.33. The fraction of sp³-hybridized carbons (Fsp3) is 0.381. The number of nitrogens with zero attached hydrogens (tertiary/aromatic N) is 1. The van der Waals surface area contributed by atoms with Crippen LogP contribution in [0.1, 0.15) is 13.8 Å². The van der Waals surface area contributed by atoms with E-state index in [1.165, 1.54) is 0 Å². The average molecular weight is 370 g/mol. The number of anilines is 1. The summed E-state index contributed by atoms with van der Waals surface area (Å²) in [6.07, 6.45) is 0. The van der Waals surface area contributed by atoms with Crippen molar-refractivity contribution in [1.29, 1.82) is 0 Å². The number of carbonyl (C=O) groups excluding carboxylic acids is 1. The minimum atomic E-state index is -0.291. The van der Waals surface area contributed by atoms with Gasteiger partial charge in [0.15, 0.2) is 0 Å². The van der Waals surface area contributed by atoms with E-state index in [9.17, 15) is 4.79 Å². The molecular weight excluding hydrogens is 344 g/mol. The molecule has 0 unspecified atom stereocenters. The van der Waals surface area contributed by atoms with Gasteiger partial charge in [-0.25, -0.2) is 0 Å². The third kappa shape index (κ3) is 5.37. The molecule has 0 aliphatic carbocycles. The Labute approximate surface area is 160 Å². The lowest BCUT2D eigenvalue weighted by atomic mass is 10.2. The van der Waals surface area contributed by atoms with Crippen LogP contribution in [-0.4, -0.2) is 49.8 Å². The topological polar surface area (TPSA) is 60.0 Å². The predicted molar refractivity (Wildman–Crippen MR) is 105 cm³/mol. The number of ether oxygens (including phenoxy) is 3. The van der Waals surface area contributed by atoms with Crippen LogP contribution in [-0.2, 0) is 9.53 Å². The molecule has 1 atom stereocenters. The number of benzene rings is 2. The zero-order chi connectivity index (χ0) is 19.1. The lowest BCUT2D eigenvalue weighted by Crippen LogP contribution is -2.46. The highest BCUT2D eigenvalue weighted by atomic mass is 16.5. The summed E-state index contributed by atoms with van der Waals surface area (Å²) >= 11 is 0. The van der Waals surface area contributed by atoms with Crippen molar-refractivity contribution in [3.05, 3.63) is 48.5 Å². The summed E-state index contributed by atoms with van der Waals surface area (Å²) in [4.78, 5) is 14.3. The zero-order valence-electron chi connectivity index (χ0n) is 15.8. The molecule has 1 aliphatic rings. The Bertz CT molecular complexity index is 725. The molecule has 1 heterocycles. The van der Waals surface area contributed by atoms with Gasteiger partial charge in [0.05, 0.1) is 19.8 Å². The van der Waals surface area contributed by atoms with Gasteiger partial charge in [-0.1, -0.05) is 0 Å². The fourth-order valence-electron chi connectivity index (χ4n) is 2.90. The molecule has 2 aromatic carbocycles. The van der Waals surface area contributed by atoms with Crippen LogP contribution in [0.5, 0.6) is 17.2 Å². The number of rotatable bonds is 7. The molecule has 144 valence electrons. The van der Waals surface area contributed by atoms with Crippen LogP contribution in [0.4, 0.5) is 5.69 Å². The zero-order valence-corrected chi connectivity index (χ0v) is 15.8. The normalized spacial score (nSPS) is 15.1. The van der Waals surface area contributed by atoms with Gasteiger partial charge in [-0.2, -0.15) is 0 Å². The Morgan fingerprint density at radius 3 is 2.19 bits per heavy atom. The van der Waals surface area contributed by atoms with Crippen LogP contribution in [0.15, 0.2) is 48.5 Å². The summed E-state index contributed by atoms with van der Waals surface area (Å²) in [6.45, 7) is 6.99. The van der Waals surface area contributed by atoms with Crippen LogP contribution >= 0.6 is 0 Å². The van der Waals surface area contributed by atoms with Crippen LogP contribution in [0, 0.1) is 0 Å².